The summed E-state index contributed by atoms with van der Waals surface area (Å²) in [5, 5.41) is 2.91. The third-order valence-electron chi connectivity index (χ3n) is 4.88. The van der Waals surface area contributed by atoms with Gasteiger partial charge in [0.2, 0.25) is 0 Å². The average Bonchev–Trinajstić information content (AvgIpc) is 3.15. The number of nitrogens with one attached hydrogen (secondary N) is 1. The number of imide groups is 1. The van der Waals surface area contributed by atoms with Gasteiger partial charge in [0.05, 0.1) is 0 Å². The molecule has 2 aliphatic rings. The smallest absolute Gasteiger partial charge is 0.315 e. The minimum absolute atomic E-state index is 0.0899. The normalized spacial score (nSPS) is 23.4. The van der Waals surface area contributed by atoms with Crippen molar-refractivity contribution in [3.8, 4) is 0 Å². The zero-order valence-electron chi connectivity index (χ0n) is 13.3. The molecule has 3 amide bonds. The quantitative estimate of drug-likeness (QED) is 0.655. The van der Waals surface area contributed by atoms with Crippen LogP contribution in [0.25, 0.3) is 0 Å². The number of hydrogen-bond acceptors (Lipinski definition) is 2. The fraction of sp³-hybridized carbons (Fsp3) is 0.263. The van der Waals surface area contributed by atoms with Crippen molar-refractivity contribution in [1.29, 1.82) is 0 Å². The summed E-state index contributed by atoms with van der Waals surface area (Å²) in [5.74, 6) is -0.390. The number of alkyl halides is 2. The molecule has 0 radical (unpaired) electrons. The maximum atomic E-state index is 13.4. The predicted octanol–water partition coefficient (Wildman–Crippen LogP) is 3.68. The van der Waals surface area contributed by atoms with Gasteiger partial charge in [-0.3, -0.25) is 9.69 Å². The molecular formula is C19H16Cl2N2O2. The van der Waals surface area contributed by atoms with Crippen LogP contribution in [0.2, 0.25) is 0 Å². The van der Waals surface area contributed by atoms with E-state index >= 15 is 0 Å². The summed E-state index contributed by atoms with van der Waals surface area (Å²) in [5.41, 5.74) is 0.220. The Balaban J connectivity index is 1.77. The number of amides is 3. The number of carbonyl (C=O) groups excluding carboxylic acids is 2. The molecule has 0 bridgehead atoms. The molecule has 1 saturated heterocycles. The number of nitrogens with zero attached hydrogens (tertiary/aromatic N) is 1. The number of hydrogen-bond donors (Lipinski definition) is 1. The maximum absolute atomic E-state index is 13.4. The summed E-state index contributed by atoms with van der Waals surface area (Å²) in [6, 6.07) is 18.1. The highest BCUT2D eigenvalue weighted by Crippen LogP contribution is 2.54. The summed E-state index contributed by atoms with van der Waals surface area (Å²) in [7, 11) is 0. The second kappa shape index (κ2) is 5.75. The lowest BCUT2D eigenvalue weighted by atomic mass is 9.82. The van der Waals surface area contributed by atoms with Gasteiger partial charge in [-0.15, -0.1) is 23.2 Å². The van der Waals surface area contributed by atoms with E-state index in [-0.39, 0.29) is 18.4 Å². The van der Waals surface area contributed by atoms with Crippen molar-refractivity contribution in [2.45, 2.75) is 16.3 Å². The first kappa shape index (κ1) is 16.4. The number of benzene rings is 2. The van der Waals surface area contributed by atoms with E-state index in [1.807, 2.05) is 60.7 Å². The monoisotopic (exact) mass is 374 g/mol. The van der Waals surface area contributed by atoms with Crippen LogP contribution in [0, 0.1) is 5.92 Å². The molecule has 1 heterocycles. The molecule has 1 atom stereocenters. The summed E-state index contributed by atoms with van der Waals surface area (Å²) in [4.78, 5) is 27.2. The Morgan fingerprint density at radius 1 is 0.960 bits per heavy atom. The molecule has 6 heteroatoms. The van der Waals surface area contributed by atoms with Crippen molar-refractivity contribution in [2.24, 2.45) is 5.92 Å². The van der Waals surface area contributed by atoms with E-state index in [2.05, 4.69) is 5.32 Å². The van der Waals surface area contributed by atoms with Crippen molar-refractivity contribution in [3.05, 3.63) is 71.8 Å². The summed E-state index contributed by atoms with van der Waals surface area (Å²) >= 11 is 12.2. The highest BCUT2D eigenvalue weighted by Gasteiger charge is 2.58. The Hall–Kier alpha value is -2.04. The van der Waals surface area contributed by atoms with E-state index in [0.29, 0.717) is 6.42 Å². The zero-order chi connectivity index (χ0) is 17.7. The molecular weight excluding hydrogens is 359 g/mol. The van der Waals surface area contributed by atoms with Gasteiger partial charge in [-0.25, -0.2) is 4.79 Å². The first-order valence-corrected chi connectivity index (χ1v) is 8.84. The predicted molar refractivity (Wildman–Crippen MR) is 96.5 cm³/mol. The van der Waals surface area contributed by atoms with Crippen molar-refractivity contribution >= 4 is 35.1 Å². The minimum atomic E-state index is -1.23. The molecule has 1 saturated carbocycles. The Labute approximate surface area is 155 Å². The highest BCUT2D eigenvalue weighted by atomic mass is 35.5. The van der Waals surface area contributed by atoms with E-state index in [9.17, 15) is 9.59 Å². The van der Waals surface area contributed by atoms with Crippen molar-refractivity contribution in [2.75, 3.05) is 6.54 Å². The van der Waals surface area contributed by atoms with Crippen LogP contribution in [-0.2, 0) is 10.3 Å². The Kier molecular flexibility index (Phi) is 3.78. The number of urea groups is 1. The first-order valence-electron chi connectivity index (χ1n) is 8.08. The van der Waals surface area contributed by atoms with Crippen LogP contribution in [-0.4, -0.2) is 27.7 Å². The summed E-state index contributed by atoms with van der Waals surface area (Å²) in [6.07, 6.45) is 0.580. The molecule has 4 nitrogen and oxygen atoms in total. The third kappa shape index (κ3) is 2.60. The van der Waals surface area contributed by atoms with Gasteiger partial charge >= 0.3 is 6.03 Å². The van der Waals surface area contributed by atoms with Crippen LogP contribution >= 0.6 is 23.2 Å². The van der Waals surface area contributed by atoms with Crippen LogP contribution in [0.3, 0.4) is 0 Å². The SMILES string of the molecule is O=C1NC(c2ccccc2)(c2ccccc2)C(=O)N1C[C@H]1CC1(Cl)Cl. The van der Waals surface area contributed by atoms with E-state index in [1.165, 1.54) is 4.90 Å². The van der Waals surface area contributed by atoms with Crippen LogP contribution < -0.4 is 5.32 Å². The van der Waals surface area contributed by atoms with Gasteiger partial charge in [0.25, 0.3) is 5.91 Å². The topological polar surface area (TPSA) is 49.4 Å². The zero-order valence-corrected chi connectivity index (χ0v) is 14.8. The summed E-state index contributed by atoms with van der Waals surface area (Å²) in [6.45, 7) is 0.221. The fourth-order valence-corrected chi connectivity index (χ4v) is 3.87. The minimum Gasteiger partial charge on any atom is -0.315 e. The van der Waals surface area contributed by atoms with E-state index in [4.69, 9.17) is 23.2 Å². The maximum Gasteiger partial charge on any atom is 0.325 e. The molecule has 2 fully saturated rings. The summed E-state index contributed by atoms with van der Waals surface area (Å²) < 4.78 is -0.842. The molecule has 1 aliphatic carbocycles. The molecule has 0 aromatic heterocycles. The molecule has 2 aromatic rings. The van der Waals surface area contributed by atoms with E-state index < -0.39 is 15.9 Å². The number of carbonyl (C=O) groups is 2. The van der Waals surface area contributed by atoms with Crippen LogP contribution in [0.15, 0.2) is 60.7 Å². The lowest BCUT2D eigenvalue weighted by Crippen LogP contribution is -2.45. The number of halogens is 2. The molecule has 128 valence electrons. The molecule has 0 spiro atoms. The Bertz CT molecular complexity index is 784. The van der Waals surface area contributed by atoms with Gasteiger partial charge in [0, 0.05) is 12.5 Å². The molecule has 2 aromatic carbocycles. The van der Waals surface area contributed by atoms with Gasteiger partial charge in [0.15, 0.2) is 5.54 Å². The number of rotatable bonds is 4. The van der Waals surface area contributed by atoms with E-state index in [1.54, 1.807) is 0 Å². The van der Waals surface area contributed by atoms with Crippen molar-refractivity contribution < 1.29 is 9.59 Å². The largest absolute Gasteiger partial charge is 0.325 e. The lowest BCUT2D eigenvalue weighted by molar-refractivity contribution is -0.130. The van der Waals surface area contributed by atoms with E-state index in [0.717, 1.165) is 11.1 Å². The Morgan fingerprint density at radius 3 is 1.88 bits per heavy atom. The van der Waals surface area contributed by atoms with Gasteiger partial charge in [-0.2, -0.15) is 0 Å². The van der Waals surface area contributed by atoms with Gasteiger partial charge < -0.3 is 5.32 Å². The second-order valence-electron chi connectivity index (χ2n) is 6.49. The fourth-order valence-electron chi connectivity index (χ4n) is 3.36. The average molecular weight is 375 g/mol. The molecule has 25 heavy (non-hydrogen) atoms. The molecule has 1 N–H and O–H groups in total. The van der Waals surface area contributed by atoms with Crippen LogP contribution in [0.5, 0.6) is 0 Å². The van der Waals surface area contributed by atoms with Gasteiger partial charge in [0.1, 0.15) is 4.33 Å². The molecule has 4 rings (SSSR count). The standard InChI is InChI=1S/C19H16Cl2N2O2/c20-18(21)11-15(18)12-23-16(24)19(22-17(23)25,13-7-3-1-4-8-13)14-9-5-2-6-10-14/h1-10,15H,11-12H2,(H,22,25)/t15-/m1/s1. The lowest BCUT2D eigenvalue weighted by Gasteiger charge is -2.28. The highest BCUT2D eigenvalue weighted by molar-refractivity contribution is 6.50. The second-order valence-corrected chi connectivity index (χ2v) is 8.03. The first-order chi connectivity index (χ1) is 11.9. The third-order valence-corrected chi connectivity index (χ3v) is 5.80. The van der Waals surface area contributed by atoms with Crippen LogP contribution in [0.4, 0.5) is 4.79 Å². The van der Waals surface area contributed by atoms with Crippen molar-refractivity contribution in [3.63, 3.8) is 0 Å². The Morgan fingerprint density at radius 2 is 1.44 bits per heavy atom. The van der Waals surface area contributed by atoms with Gasteiger partial charge in [-0.05, 0) is 17.5 Å². The molecule has 0 unspecified atom stereocenters. The van der Waals surface area contributed by atoms with Crippen molar-refractivity contribution in [1.82, 2.24) is 10.2 Å². The van der Waals surface area contributed by atoms with Gasteiger partial charge in [-0.1, -0.05) is 60.7 Å². The van der Waals surface area contributed by atoms with Crippen LogP contribution in [0.1, 0.15) is 17.5 Å². The molecule has 1 aliphatic heterocycles.